The number of nitrogens with one attached hydrogen (secondary N) is 5. The number of aromatic nitrogens is 1. The minimum absolute atomic E-state index is 0.00438. The number of amides is 5. The fourth-order valence-electron chi connectivity index (χ4n) is 7.24. The van der Waals surface area contributed by atoms with Gasteiger partial charge in [-0.05, 0) is 76.2 Å². The van der Waals surface area contributed by atoms with Gasteiger partial charge in [0, 0.05) is 23.3 Å². The molecular formula is C35H52N6O7. The van der Waals surface area contributed by atoms with Crippen LogP contribution in [0.2, 0.25) is 0 Å². The van der Waals surface area contributed by atoms with Crippen LogP contribution in [-0.4, -0.2) is 87.7 Å². The van der Waals surface area contributed by atoms with Gasteiger partial charge in [-0.15, -0.1) is 0 Å². The molecule has 2 heterocycles. The third kappa shape index (κ3) is 8.33. The minimum atomic E-state index is -1.02. The van der Waals surface area contributed by atoms with E-state index in [1.165, 1.54) is 6.92 Å². The van der Waals surface area contributed by atoms with Crippen molar-refractivity contribution in [2.45, 2.75) is 136 Å². The highest BCUT2D eigenvalue weighted by molar-refractivity contribution is 6.38. The number of Topliss-reactive ketones (excluding diaryl/α,β-unsaturated/α-hetero) is 2. The maximum absolute atomic E-state index is 14.5. The summed E-state index contributed by atoms with van der Waals surface area (Å²) in [6.07, 6.45) is 6.43. The number of rotatable bonds is 13. The van der Waals surface area contributed by atoms with Crippen LogP contribution in [0.5, 0.6) is 0 Å². The van der Waals surface area contributed by atoms with Crippen molar-refractivity contribution in [3.8, 4) is 0 Å². The van der Waals surface area contributed by atoms with Crippen LogP contribution < -0.4 is 21.3 Å². The molecule has 0 aromatic carbocycles. The summed E-state index contributed by atoms with van der Waals surface area (Å²) in [6.45, 7) is 11.7. The number of nitrogens with zero attached hydrogens (tertiary/aromatic N) is 1. The van der Waals surface area contributed by atoms with Gasteiger partial charge in [0.25, 0.3) is 11.8 Å². The number of aryl methyl sites for hydroxylation is 1. The fourth-order valence-corrected chi connectivity index (χ4v) is 7.24. The van der Waals surface area contributed by atoms with Crippen molar-refractivity contribution in [1.82, 2.24) is 31.2 Å². The molecule has 0 unspecified atom stereocenters. The molecule has 3 aliphatic rings. The smallest absolute Gasteiger partial charge is 0.289 e. The van der Waals surface area contributed by atoms with Gasteiger partial charge in [0.2, 0.25) is 23.5 Å². The normalized spacial score (nSPS) is 21.8. The van der Waals surface area contributed by atoms with Crippen LogP contribution in [-0.2, 0) is 24.0 Å². The fraction of sp³-hybridized carbons (Fsp3) is 0.686. The lowest BCUT2D eigenvalue weighted by molar-refractivity contribution is -0.147. The van der Waals surface area contributed by atoms with E-state index in [4.69, 9.17) is 0 Å². The molecule has 0 spiro atoms. The minimum Gasteiger partial charge on any atom is -0.354 e. The first kappa shape index (κ1) is 36.8. The molecule has 2 aliphatic carbocycles. The molecule has 13 nitrogen and oxygen atoms in total. The average Bonchev–Trinajstić information content (AvgIpc) is 3.66. The Kier molecular flexibility index (Phi) is 11.5. The Bertz CT molecular complexity index is 1460. The van der Waals surface area contributed by atoms with E-state index in [-0.39, 0.29) is 29.5 Å². The van der Waals surface area contributed by atoms with Gasteiger partial charge < -0.3 is 31.2 Å². The van der Waals surface area contributed by atoms with E-state index in [2.05, 4.69) is 26.3 Å². The zero-order valence-electron chi connectivity index (χ0n) is 29.3. The molecule has 0 radical (unpaired) electrons. The Balaban J connectivity index is 1.50. The number of H-pyrrole nitrogens is 1. The van der Waals surface area contributed by atoms with Gasteiger partial charge in [0.15, 0.2) is 5.78 Å². The third-order valence-corrected chi connectivity index (χ3v) is 9.84. The molecular weight excluding hydrogens is 616 g/mol. The molecule has 13 heteroatoms. The second kappa shape index (κ2) is 15.0. The number of ketones is 2. The van der Waals surface area contributed by atoms with Crippen LogP contribution >= 0.6 is 0 Å². The summed E-state index contributed by atoms with van der Waals surface area (Å²) in [5.74, 6) is -3.48. The summed E-state index contributed by atoms with van der Waals surface area (Å²) in [7, 11) is 0. The molecule has 48 heavy (non-hydrogen) atoms. The largest absolute Gasteiger partial charge is 0.354 e. The Labute approximate surface area is 282 Å². The summed E-state index contributed by atoms with van der Waals surface area (Å²) < 4.78 is 0. The Hall–Kier alpha value is -4.03. The molecule has 1 saturated heterocycles. The molecule has 0 bridgehead atoms. The van der Waals surface area contributed by atoms with E-state index in [0.717, 1.165) is 38.5 Å². The first-order chi connectivity index (χ1) is 22.5. The van der Waals surface area contributed by atoms with Crippen molar-refractivity contribution in [2.75, 3.05) is 6.54 Å². The average molecular weight is 669 g/mol. The topological polar surface area (TPSA) is 187 Å². The van der Waals surface area contributed by atoms with E-state index in [9.17, 15) is 33.6 Å². The number of aromatic amines is 1. The lowest BCUT2D eigenvalue weighted by Crippen LogP contribution is -2.61. The number of carbonyl (C=O) groups is 7. The zero-order chi connectivity index (χ0) is 35.5. The molecule has 5 atom stereocenters. The lowest BCUT2D eigenvalue weighted by Gasteiger charge is -2.39. The van der Waals surface area contributed by atoms with Gasteiger partial charge in [-0.3, -0.25) is 33.6 Å². The maximum Gasteiger partial charge on any atom is 0.289 e. The molecule has 5 amide bonds. The molecule has 3 fully saturated rings. The van der Waals surface area contributed by atoms with Crippen LogP contribution in [0.3, 0.4) is 0 Å². The number of hydrogen-bond donors (Lipinski definition) is 5. The first-order valence-corrected chi connectivity index (χ1v) is 17.3. The summed E-state index contributed by atoms with van der Waals surface area (Å²) in [6, 6.07) is -3.07. The second-order valence-corrected chi connectivity index (χ2v) is 14.8. The predicted octanol–water partition coefficient (Wildman–Crippen LogP) is 2.39. The van der Waals surface area contributed by atoms with Crippen LogP contribution in [0, 0.1) is 25.2 Å². The number of likely N-dealkylation sites (tertiary alicyclic amines) is 1. The van der Waals surface area contributed by atoms with Gasteiger partial charge in [-0.25, -0.2) is 0 Å². The van der Waals surface area contributed by atoms with Gasteiger partial charge in [0.1, 0.15) is 17.8 Å². The van der Waals surface area contributed by atoms with Crippen LogP contribution in [0.1, 0.15) is 125 Å². The van der Waals surface area contributed by atoms with Gasteiger partial charge in [-0.2, -0.15) is 0 Å². The highest BCUT2D eigenvalue weighted by Gasteiger charge is 2.51. The summed E-state index contributed by atoms with van der Waals surface area (Å²) in [5.41, 5.74) is 0.918. The van der Waals surface area contributed by atoms with Gasteiger partial charge in [-0.1, -0.05) is 47.0 Å². The first-order valence-electron chi connectivity index (χ1n) is 17.3. The second-order valence-electron chi connectivity index (χ2n) is 14.8. The van der Waals surface area contributed by atoms with E-state index in [1.807, 2.05) is 27.7 Å². The van der Waals surface area contributed by atoms with Crippen molar-refractivity contribution >= 4 is 41.1 Å². The van der Waals surface area contributed by atoms with Crippen LogP contribution in [0.4, 0.5) is 0 Å². The molecule has 2 saturated carbocycles. The van der Waals surface area contributed by atoms with Crippen molar-refractivity contribution in [3.05, 3.63) is 22.5 Å². The monoisotopic (exact) mass is 668 g/mol. The summed E-state index contributed by atoms with van der Waals surface area (Å²) >= 11 is 0. The Morgan fingerprint density at radius 1 is 0.958 bits per heavy atom. The van der Waals surface area contributed by atoms with E-state index < -0.39 is 65.4 Å². The maximum atomic E-state index is 14.5. The molecule has 4 rings (SSSR count). The SMILES string of the molecule is CCC[C@H](NC(=O)[C@@H]1C[C@@H]2CCCC[C@@H]2N1C(=O)[C@@H](NC(=O)CNC(=O)c1[nH]c(C)c(C(C)=O)c1C)C(C)(C)C)C(=O)C(=O)NC1CC1. The molecule has 1 aliphatic heterocycles. The Morgan fingerprint density at radius 2 is 1.62 bits per heavy atom. The van der Waals surface area contributed by atoms with Crippen molar-refractivity contribution in [1.29, 1.82) is 0 Å². The van der Waals surface area contributed by atoms with Gasteiger partial charge in [0.05, 0.1) is 12.6 Å². The molecule has 5 N–H and O–H groups in total. The van der Waals surface area contributed by atoms with E-state index in [1.54, 1.807) is 18.7 Å². The predicted molar refractivity (Wildman–Crippen MR) is 178 cm³/mol. The van der Waals surface area contributed by atoms with Crippen molar-refractivity contribution < 1.29 is 33.6 Å². The molecule has 1 aromatic rings. The van der Waals surface area contributed by atoms with Crippen LogP contribution in [0.15, 0.2) is 0 Å². The number of hydrogen-bond acceptors (Lipinski definition) is 7. The highest BCUT2D eigenvalue weighted by Crippen LogP contribution is 2.41. The molecule has 1 aromatic heterocycles. The van der Waals surface area contributed by atoms with Crippen molar-refractivity contribution in [2.24, 2.45) is 11.3 Å². The summed E-state index contributed by atoms with van der Waals surface area (Å²) in [5, 5.41) is 10.9. The standard InChI is InChI=1S/C35H52N6O7/c1-8-11-23(29(44)33(47)38-22-14-15-22)39-31(45)25-16-21-12-9-10-13-24(21)41(25)34(48)30(35(5,6)7)40-26(43)17-36-32(46)28-18(2)27(20(4)42)19(3)37-28/h21-25,30,37H,8-17H2,1-7H3,(H,36,46)(H,38,47)(H,39,45)(H,40,43)/t21-,23-,24-,25-,30+/m0/s1. The number of carbonyl (C=O) groups excluding carboxylic acids is 7. The highest BCUT2D eigenvalue weighted by atomic mass is 16.2. The van der Waals surface area contributed by atoms with Crippen LogP contribution in [0.25, 0.3) is 0 Å². The quantitative estimate of drug-likeness (QED) is 0.158. The van der Waals surface area contributed by atoms with Gasteiger partial charge >= 0.3 is 0 Å². The summed E-state index contributed by atoms with van der Waals surface area (Å²) in [4.78, 5) is 96.7. The number of fused-ring (bicyclic) bond motifs is 1. The lowest BCUT2D eigenvalue weighted by atomic mass is 9.83. The van der Waals surface area contributed by atoms with Crippen molar-refractivity contribution in [3.63, 3.8) is 0 Å². The van der Waals surface area contributed by atoms with E-state index in [0.29, 0.717) is 36.1 Å². The molecule has 264 valence electrons. The third-order valence-electron chi connectivity index (χ3n) is 9.84. The van der Waals surface area contributed by atoms with E-state index >= 15 is 0 Å². The zero-order valence-corrected chi connectivity index (χ0v) is 29.3. The Morgan fingerprint density at radius 3 is 2.21 bits per heavy atom.